The lowest BCUT2D eigenvalue weighted by molar-refractivity contribution is 0.0782. The topological polar surface area (TPSA) is 64.8 Å². The third-order valence-electron chi connectivity index (χ3n) is 4.89. The summed E-state index contributed by atoms with van der Waals surface area (Å²) in [6.45, 7) is 1.86. The van der Waals surface area contributed by atoms with Gasteiger partial charge in [0.25, 0.3) is 5.91 Å². The molecule has 0 radical (unpaired) electrons. The van der Waals surface area contributed by atoms with Gasteiger partial charge in [0.2, 0.25) is 0 Å². The largest absolute Gasteiger partial charge is 0.493 e. The fourth-order valence-electron chi connectivity index (χ4n) is 3.58. The number of likely N-dealkylation sites (tertiary alicyclic amines) is 1. The molecule has 1 aliphatic rings. The van der Waals surface area contributed by atoms with E-state index in [2.05, 4.69) is 12.1 Å². The normalized spacial score (nSPS) is 19.0. The number of hydrogen-bond donors (Lipinski definition) is 1. The zero-order valence-corrected chi connectivity index (χ0v) is 15.9. The monoisotopic (exact) mass is 376 g/mol. The first-order valence-electron chi connectivity index (χ1n) is 8.44. The molecule has 0 saturated carbocycles. The molecule has 0 bridgehead atoms. The van der Waals surface area contributed by atoms with E-state index in [1.54, 1.807) is 32.4 Å². The summed E-state index contributed by atoms with van der Waals surface area (Å²) >= 11 is 0. The molecule has 1 fully saturated rings. The van der Waals surface area contributed by atoms with E-state index in [0.717, 1.165) is 0 Å². The average molecular weight is 377 g/mol. The van der Waals surface area contributed by atoms with Crippen molar-refractivity contribution < 1.29 is 14.3 Å². The summed E-state index contributed by atoms with van der Waals surface area (Å²) in [7, 11) is 3.12. The third kappa shape index (κ3) is 3.79. The summed E-state index contributed by atoms with van der Waals surface area (Å²) in [6.07, 6.45) is 0. The van der Waals surface area contributed by atoms with E-state index in [0.29, 0.717) is 36.7 Å². The first kappa shape index (κ1) is 20.1. The van der Waals surface area contributed by atoms with Crippen molar-refractivity contribution in [3.05, 3.63) is 59.7 Å². The zero-order valence-electron chi connectivity index (χ0n) is 15.1. The van der Waals surface area contributed by atoms with Crippen molar-refractivity contribution >= 4 is 18.3 Å². The number of hydrogen-bond acceptors (Lipinski definition) is 4. The highest BCUT2D eigenvalue weighted by molar-refractivity contribution is 5.98. The first-order valence-corrected chi connectivity index (χ1v) is 8.44. The van der Waals surface area contributed by atoms with Gasteiger partial charge in [-0.2, -0.15) is 0 Å². The Kier molecular flexibility index (Phi) is 6.89. The maximum atomic E-state index is 13.1. The molecule has 0 aromatic heterocycles. The highest BCUT2D eigenvalue weighted by Crippen LogP contribution is 2.36. The maximum absolute atomic E-state index is 13.1. The van der Waals surface area contributed by atoms with Gasteiger partial charge >= 0.3 is 0 Å². The zero-order chi connectivity index (χ0) is 17.8. The Bertz CT molecular complexity index is 739. The standard InChI is InChI=1S/C20H24N2O3.ClH/c1-24-18-10-6-9-16(19(18)25-2)20(23)22-12-15(11-21)17(13-22)14-7-4-3-5-8-14;/h3-10,15,17H,11-13,21H2,1-2H3;1H/t15-,17+;/m1./s1. The third-order valence-corrected chi connectivity index (χ3v) is 4.89. The molecule has 2 atom stereocenters. The van der Waals surface area contributed by atoms with Crippen molar-refractivity contribution in [2.45, 2.75) is 5.92 Å². The minimum absolute atomic E-state index is 0. The lowest BCUT2D eigenvalue weighted by Gasteiger charge is -2.19. The van der Waals surface area contributed by atoms with Gasteiger partial charge in [0.05, 0.1) is 19.8 Å². The minimum atomic E-state index is -0.0485. The molecular weight excluding hydrogens is 352 g/mol. The molecule has 5 nitrogen and oxygen atoms in total. The van der Waals surface area contributed by atoms with Crippen molar-refractivity contribution in [1.29, 1.82) is 0 Å². The number of rotatable bonds is 5. The van der Waals surface area contributed by atoms with Gasteiger partial charge in [-0.05, 0) is 30.2 Å². The first-order chi connectivity index (χ1) is 12.2. The summed E-state index contributed by atoms with van der Waals surface area (Å²) in [5.74, 6) is 1.49. The number of ether oxygens (including phenoxy) is 2. The Morgan fingerprint density at radius 2 is 1.81 bits per heavy atom. The molecule has 26 heavy (non-hydrogen) atoms. The van der Waals surface area contributed by atoms with Crippen LogP contribution >= 0.6 is 12.4 Å². The van der Waals surface area contributed by atoms with Gasteiger partial charge in [0.1, 0.15) is 0 Å². The Morgan fingerprint density at radius 3 is 2.42 bits per heavy atom. The van der Waals surface area contributed by atoms with Crippen LogP contribution in [0.2, 0.25) is 0 Å². The van der Waals surface area contributed by atoms with E-state index in [1.165, 1.54) is 5.56 Å². The Balaban J connectivity index is 0.00000243. The summed E-state index contributed by atoms with van der Waals surface area (Å²) in [5.41, 5.74) is 7.73. The Labute approximate surface area is 160 Å². The van der Waals surface area contributed by atoms with Crippen LogP contribution in [0.4, 0.5) is 0 Å². The molecule has 0 aliphatic carbocycles. The van der Waals surface area contributed by atoms with Gasteiger partial charge in [-0.3, -0.25) is 4.79 Å². The van der Waals surface area contributed by atoms with Crippen molar-refractivity contribution in [2.24, 2.45) is 11.7 Å². The van der Waals surface area contributed by atoms with Gasteiger partial charge in [0, 0.05) is 19.0 Å². The molecule has 1 saturated heterocycles. The molecule has 2 aromatic carbocycles. The maximum Gasteiger partial charge on any atom is 0.257 e. The minimum Gasteiger partial charge on any atom is -0.493 e. The highest BCUT2D eigenvalue weighted by atomic mass is 35.5. The molecule has 3 rings (SSSR count). The van der Waals surface area contributed by atoms with Crippen molar-refractivity contribution in [3.63, 3.8) is 0 Å². The van der Waals surface area contributed by atoms with Crippen LogP contribution in [0.5, 0.6) is 11.5 Å². The fraction of sp³-hybridized carbons (Fsp3) is 0.350. The van der Waals surface area contributed by atoms with Crippen LogP contribution in [0.15, 0.2) is 48.5 Å². The fourth-order valence-corrected chi connectivity index (χ4v) is 3.58. The predicted octanol–water partition coefficient (Wildman–Crippen LogP) is 2.94. The molecule has 2 N–H and O–H groups in total. The molecule has 1 aliphatic heterocycles. The van der Waals surface area contributed by atoms with Crippen LogP contribution in [0.1, 0.15) is 21.8 Å². The molecule has 0 unspecified atom stereocenters. The Hall–Kier alpha value is -2.24. The average Bonchev–Trinajstić information content (AvgIpc) is 3.11. The van der Waals surface area contributed by atoms with Crippen LogP contribution in [0.25, 0.3) is 0 Å². The molecule has 1 amide bonds. The van der Waals surface area contributed by atoms with E-state index >= 15 is 0 Å². The van der Waals surface area contributed by atoms with Gasteiger partial charge < -0.3 is 20.1 Å². The summed E-state index contributed by atoms with van der Waals surface area (Å²) in [4.78, 5) is 15.0. The highest BCUT2D eigenvalue weighted by Gasteiger charge is 2.36. The number of amides is 1. The van der Waals surface area contributed by atoms with E-state index in [-0.39, 0.29) is 30.2 Å². The summed E-state index contributed by atoms with van der Waals surface area (Å²) in [5, 5.41) is 0. The Morgan fingerprint density at radius 1 is 1.08 bits per heavy atom. The second kappa shape index (κ2) is 8.92. The number of halogens is 1. The van der Waals surface area contributed by atoms with Gasteiger partial charge in [-0.15, -0.1) is 12.4 Å². The van der Waals surface area contributed by atoms with E-state index < -0.39 is 0 Å². The number of nitrogens with two attached hydrogens (primary N) is 1. The number of para-hydroxylation sites is 1. The van der Waals surface area contributed by atoms with Crippen molar-refractivity contribution in [1.82, 2.24) is 4.90 Å². The predicted molar refractivity (Wildman–Crippen MR) is 104 cm³/mol. The lowest BCUT2D eigenvalue weighted by atomic mass is 9.89. The molecule has 140 valence electrons. The number of carbonyl (C=O) groups excluding carboxylic acids is 1. The van der Waals surface area contributed by atoms with Gasteiger partial charge in [0.15, 0.2) is 11.5 Å². The number of methoxy groups -OCH3 is 2. The van der Waals surface area contributed by atoms with Crippen LogP contribution < -0.4 is 15.2 Å². The van der Waals surface area contributed by atoms with E-state index in [4.69, 9.17) is 15.2 Å². The number of benzene rings is 2. The van der Waals surface area contributed by atoms with Crippen LogP contribution in [-0.4, -0.2) is 44.7 Å². The SMILES string of the molecule is COc1cccc(C(=O)N2C[C@@H](CN)[C@H](c3ccccc3)C2)c1OC.Cl. The van der Waals surface area contributed by atoms with Gasteiger partial charge in [-0.25, -0.2) is 0 Å². The van der Waals surface area contributed by atoms with Crippen LogP contribution in [0.3, 0.4) is 0 Å². The molecular formula is C20H25ClN2O3. The summed E-state index contributed by atoms with van der Waals surface area (Å²) in [6, 6.07) is 15.6. The summed E-state index contributed by atoms with van der Waals surface area (Å²) < 4.78 is 10.7. The van der Waals surface area contributed by atoms with Gasteiger partial charge in [-0.1, -0.05) is 36.4 Å². The number of nitrogens with zero attached hydrogens (tertiary/aromatic N) is 1. The second-order valence-corrected chi connectivity index (χ2v) is 6.26. The van der Waals surface area contributed by atoms with E-state index in [1.807, 2.05) is 23.1 Å². The molecule has 6 heteroatoms. The van der Waals surface area contributed by atoms with Crippen LogP contribution in [-0.2, 0) is 0 Å². The van der Waals surface area contributed by atoms with Crippen LogP contribution in [0, 0.1) is 5.92 Å². The van der Waals surface area contributed by atoms with E-state index in [9.17, 15) is 4.79 Å². The van der Waals surface area contributed by atoms with Crippen molar-refractivity contribution in [2.75, 3.05) is 33.9 Å². The second-order valence-electron chi connectivity index (χ2n) is 6.26. The van der Waals surface area contributed by atoms with Crippen molar-refractivity contribution in [3.8, 4) is 11.5 Å². The quantitative estimate of drug-likeness (QED) is 0.871. The smallest absolute Gasteiger partial charge is 0.257 e. The molecule has 1 heterocycles. The molecule has 2 aromatic rings. The number of carbonyl (C=O) groups is 1. The lowest BCUT2D eigenvalue weighted by Crippen LogP contribution is -2.30. The molecule has 0 spiro atoms.